The number of thiophene rings is 1. The molecule has 0 atom stereocenters. The molecule has 96 valence electrons. The molecule has 0 fully saturated rings. The number of methoxy groups -OCH3 is 1. The van der Waals surface area contributed by atoms with Gasteiger partial charge in [-0.05, 0) is 17.9 Å². The van der Waals surface area contributed by atoms with Gasteiger partial charge in [0.15, 0.2) is 0 Å². The third kappa shape index (κ3) is 3.30. The Balaban J connectivity index is 2.17. The van der Waals surface area contributed by atoms with Crippen molar-refractivity contribution < 1.29 is 4.74 Å². The Bertz CT molecular complexity index is 488. The molecule has 2 heterocycles. The average molecular weight is 265 g/mol. The molecule has 0 aliphatic carbocycles. The minimum atomic E-state index is 0.293. The molecule has 2 aromatic rings. The number of hydrogen-bond acceptors (Lipinski definition) is 7. The Morgan fingerprint density at radius 2 is 2.11 bits per heavy atom. The summed E-state index contributed by atoms with van der Waals surface area (Å²) in [7, 11) is 1.54. The fourth-order valence-electron chi connectivity index (χ4n) is 1.28. The van der Waals surface area contributed by atoms with E-state index in [1.54, 1.807) is 11.3 Å². The average Bonchev–Trinajstić information content (AvgIpc) is 2.89. The van der Waals surface area contributed by atoms with Crippen molar-refractivity contribution >= 4 is 28.9 Å². The van der Waals surface area contributed by atoms with Gasteiger partial charge < -0.3 is 15.4 Å². The SMILES string of the molecule is CCCNc1nc(Nc2ccsc2)nc(OC)n1. The first-order chi connectivity index (χ1) is 8.81. The van der Waals surface area contributed by atoms with Gasteiger partial charge in [0.2, 0.25) is 11.9 Å². The third-order valence-corrected chi connectivity index (χ3v) is 2.79. The summed E-state index contributed by atoms with van der Waals surface area (Å²) in [6.07, 6.45) is 1.00. The van der Waals surface area contributed by atoms with Gasteiger partial charge in [-0.3, -0.25) is 0 Å². The van der Waals surface area contributed by atoms with E-state index in [0.717, 1.165) is 18.7 Å². The highest BCUT2D eigenvalue weighted by Gasteiger charge is 2.06. The van der Waals surface area contributed by atoms with E-state index in [4.69, 9.17) is 4.74 Å². The van der Waals surface area contributed by atoms with Crippen molar-refractivity contribution in [3.05, 3.63) is 16.8 Å². The zero-order chi connectivity index (χ0) is 12.8. The molecule has 0 aromatic carbocycles. The van der Waals surface area contributed by atoms with Crippen molar-refractivity contribution in [2.24, 2.45) is 0 Å². The summed E-state index contributed by atoms with van der Waals surface area (Å²) in [6.45, 7) is 2.89. The molecule has 0 spiro atoms. The topological polar surface area (TPSA) is 72.0 Å². The first kappa shape index (κ1) is 12.6. The van der Waals surface area contributed by atoms with Gasteiger partial charge in [-0.2, -0.15) is 26.3 Å². The zero-order valence-electron chi connectivity index (χ0n) is 10.3. The molecule has 0 bridgehead atoms. The second kappa shape index (κ2) is 6.15. The molecule has 0 saturated heterocycles. The number of anilines is 3. The van der Waals surface area contributed by atoms with Gasteiger partial charge in [-0.15, -0.1) is 0 Å². The fraction of sp³-hybridized carbons (Fsp3) is 0.364. The molecule has 0 amide bonds. The van der Waals surface area contributed by atoms with Crippen LogP contribution < -0.4 is 15.4 Å². The van der Waals surface area contributed by atoms with E-state index in [1.165, 1.54) is 7.11 Å². The first-order valence-corrected chi connectivity index (χ1v) is 6.59. The molecule has 7 heteroatoms. The highest BCUT2D eigenvalue weighted by atomic mass is 32.1. The molecule has 2 N–H and O–H groups in total. The quantitative estimate of drug-likeness (QED) is 0.836. The van der Waals surface area contributed by atoms with Crippen molar-refractivity contribution in [3.63, 3.8) is 0 Å². The van der Waals surface area contributed by atoms with E-state index in [-0.39, 0.29) is 0 Å². The lowest BCUT2D eigenvalue weighted by atomic mass is 10.5. The van der Waals surface area contributed by atoms with Crippen molar-refractivity contribution in [1.29, 1.82) is 0 Å². The van der Waals surface area contributed by atoms with E-state index in [2.05, 4.69) is 32.5 Å². The van der Waals surface area contributed by atoms with Crippen LogP contribution in [0.15, 0.2) is 16.8 Å². The van der Waals surface area contributed by atoms with Crippen LogP contribution >= 0.6 is 11.3 Å². The van der Waals surface area contributed by atoms with Crippen LogP contribution in [-0.4, -0.2) is 28.6 Å². The predicted molar refractivity (Wildman–Crippen MR) is 72.8 cm³/mol. The summed E-state index contributed by atoms with van der Waals surface area (Å²) >= 11 is 1.61. The highest BCUT2D eigenvalue weighted by Crippen LogP contribution is 2.18. The van der Waals surface area contributed by atoms with Crippen molar-refractivity contribution in [1.82, 2.24) is 15.0 Å². The molecule has 0 saturated carbocycles. The van der Waals surface area contributed by atoms with E-state index < -0.39 is 0 Å². The molecule has 0 aliphatic rings. The molecular weight excluding hydrogens is 250 g/mol. The number of ether oxygens (including phenoxy) is 1. The van der Waals surface area contributed by atoms with Crippen LogP contribution in [0.4, 0.5) is 17.6 Å². The maximum absolute atomic E-state index is 5.06. The maximum atomic E-state index is 5.06. The van der Waals surface area contributed by atoms with E-state index >= 15 is 0 Å². The van der Waals surface area contributed by atoms with Gasteiger partial charge in [0.25, 0.3) is 0 Å². The highest BCUT2D eigenvalue weighted by molar-refractivity contribution is 7.08. The van der Waals surface area contributed by atoms with Gasteiger partial charge >= 0.3 is 6.01 Å². The molecule has 6 nitrogen and oxygen atoms in total. The number of nitrogens with one attached hydrogen (secondary N) is 2. The van der Waals surface area contributed by atoms with Gasteiger partial charge in [-0.1, -0.05) is 6.92 Å². The summed E-state index contributed by atoms with van der Waals surface area (Å²) in [5.74, 6) is 0.986. The van der Waals surface area contributed by atoms with Crippen LogP contribution in [0.5, 0.6) is 6.01 Å². The predicted octanol–water partition coefficient (Wildman–Crippen LogP) is 2.51. The van der Waals surface area contributed by atoms with Crippen LogP contribution in [0, 0.1) is 0 Å². The Labute approximate surface area is 109 Å². The van der Waals surface area contributed by atoms with Crippen molar-refractivity contribution in [2.75, 3.05) is 24.3 Å². The van der Waals surface area contributed by atoms with Crippen molar-refractivity contribution in [3.8, 4) is 6.01 Å². The van der Waals surface area contributed by atoms with Crippen LogP contribution in [0.1, 0.15) is 13.3 Å². The Morgan fingerprint density at radius 1 is 1.28 bits per heavy atom. The van der Waals surface area contributed by atoms with Gasteiger partial charge in [0.1, 0.15) is 0 Å². The molecule has 0 aliphatic heterocycles. The molecule has 2 rings (SSSR count). The van der Waals surface area contributed by atoms with Crippen LogP contribution in [0.25, 0.3) is 0 Å². The van der Waals surface area contributed by atoms with Crippen LogP contribution in [0.2, 0.25) is 0 Å². The normalized spacial score (nSPS) is 10.1. The summed E-state index contributed by atoms with van der Waals surface area (Å²) in [6, 6.07) is 2.25. The lowest BCUT2D eigenvalue weighted by Crippen LogP contribution is -2.08. The number of nitrogens with zero attached hydrogens (tertiary/aromatic N) is 3. The van der Waals surface area contributed by atoms with Gasteiger partial charge in [0.05, 0.1) is 12.8 Å². The second-order valence-electron chi connectivity index (χ2n) is 3.53. The third-order valence-electron chi connectivity index (χ3n) is 2.11. The largest absolute Gasteiger partial charge is 0.467 e. The minimum Gasteiger partial charge on any atom is -0.467 e. The standard InChI is InChI=1S/C11H15N5OS/c1-3-5-12-9-14-10(16-11(15-9)17-2)13-8-4-6-18-7-8/h4,6-7H,3,5H2,1-2H3,(H2,12,13,14,15,16). The van der Waals surface area contributed by atoms with E-state index in [9.17, 15) is 0 Å². The minimum absolute atomic E-state index is 0.293. The number of hydrogen-bond donors (Lipinski definition) is 2. The summed E-state index contributed by atoms with van der Waals surface area (Å²) in [4.78, 5) is 12.5. The molecule has 18 heavy (non-hydrogen) atoms. The monoisotopic (exact) mass is 265 g/mol. The molecule has 0 unspecified atom stereocenters. The number of aromatic nitrogens is 3. The smallest absolute Gasteiger partial charge is 0.322 e. The second-order valence-corrected chi connectivity index (χ2v) is 4.31. The van der Waals surface area contributed by atoms with Crippen LogP contribution in [-0.2, 0) is 0 Å². The van der Waals surface area contributed by atoms with Crippen molar-refractivity contribution in [2.45, 2.75) is 13.3 Å². The molecule has 2 aromatic heterocycles. The lowest BCUT2D eigenvalue weighted by Gasteiger charge is -2.07. The lowest BCUT2D eigenvalue weighted by molar-refractivity contribution is 0.379. The fourth-order valence-corrected chi connectivity index (χ4v) is 1.87. The zero-order valence-corrected chi connectivity index (χ0v) is 11.1. The number of rotatable bonds is 6. The molecular formula is C11H15N5OS. The van der Waals surface area contributed by atoms with E-state index in [0.29, 0.717) is 17.9 Å². The Hall–Kier alpha value is -1.89. The molecule has 0 radical (unpaired) electrons. The maximum Gasteiger partial charge on any atom is 0.322 e. The van der Waals surface area contributed by atoms with Crippen LogP contribution in [0.3, 0.4) is 0 Å². The summed E-state index contributed by atoms with van der Waals surface area (Å²) in [5, 5.41) is 10.2. The Morgan fingerprint density at radius 3 is 2.78 bits per heavy atom. The first-order valence-electron chi connectivity index (χ1n) is 5.65. The van der Waals surface area contributed by atoms with E-state index in [1.807, 2.05) is 16.8 Å². The van der Waals surface area contributed by atoms with Gasteiger partial charge in [-0.25, -0.2) is 0 Å². The summed E-state index contributed by atoms with van der Waals surface area (Å²) in [5.41, 5.74) is 0.953. The Kier molecular flexibility index (Phi) is 4.30. The summed E-state index contributed by atoms with van der Waals surface area (Å²) < 4.78 is 5.06. The van der Waals surface area contributed by atoms with Gasteiger partial charge in [0, 0.05) is 11.9 Å².